The summed E-state index contributed by atoms with van der Waals surface area (Å²) in [6.07, 6.45) is 5.73. The van der Waals surface area contributed by atoms with Crippen LogP contribution < -0.4 is 20.5 Å². The normalized spacial score (nSPS) is 11.3. The van der Waals surface area contributed by atoms with Crippen molar-refractivity contribution in [2.75, 3.05) is 26.1 Å². The minimum Gasteiger partial charge on any atom is -0.493 e. The summed E-state index contributed by atoms with van der Waals surface area (Å²) in [4.78, 5) is 4.32. The highest BCUT2D eigenvalue weighted by atomic mass is 16.5. The van der Waals surface area contributed by atoms with E-state index in [-0.39, 0.29) is 0 Å². The zero-order chi connectivity index (χ0) is 16.7. The van der Waals surface area contributed by atoms with E-state index in [9.17, 15) is 0 Å². The molecule has 1 heterocycles. The second kappa shape index (κ2) is 8.07. The maximum absolute atomic E-state index is 5.90. The first-order chi connectivity index (χ1) is 11.1. The first-order valence-corrected chi connectivity index (χ1v) is 7.39. The van der Waals surface area contributed by atoms with E-state index in [1.54, 1.807) is 18.9 Å². The number of hydrogen-bond acceptors (Lipinski definition) is 4. The molecule has 124 valence electrons. The summed E-state index contributed by atoms with van der Waals surface area (Å²) in [5.74, 6) is 1.69. The van der Waals surface area contributed by atoms with Gasteiger partial charge in [0, 0.05) is 31.5 Å². The van der Waals surface area contributed by atoms with Crippen molar-refractivity contribution in [2.45, 2.75) is 12.8 Å². The lowest BCUT2D eigenvalue weighted by Crippen LogP contribution is -2.22. The average molecular weight is 317 g/mol. The molecular weight excluding hydrogens is 294 g/mol. The largest absolute Gasteiger partial charge is 0.493 e. The van der Waals surface area contributed by atoms with Crippen LogP contribution in [-0.2, 0) is 13.5 Å². The molecule has 0 unspecified atom stereocenters. The number of aromatic nitrogens is 2. The summed E-state index contributed by atoms with van der Waals surface area (Å²) < 4.78 is 12.2. The third kappa shape index (κ3) is 4.91. The molecule has 7 heteroatoms. The fraction of sp³-hybridized carbons (Fsp3) is 0.375. The quantitative estimate of drug-likeness (QED) is 0.462. The van der Waals surface area contributed by atoms with E-state index >= 15 is 0 Å². The summed E-state index contributed by atoms with van der Waals surface area (Å²) in [6.45, 7) is 0.654. The Kier molecular flexibility index (Phi) is 5.85. The van der Waals surface area contributed by atoms with Crippen molar-refractivity contribution in [3.63, 3.8) is 0 Å². The van der Waals surface area contributed by atoms with E-state index in [2.05, 4.69) is 15.4 Å². The van der Waals surface area contributed by atoms with Crippen LogP contribution in [0, 0.1) is 0 Å². The summed E-state index contributed by atoms with van der Waals surface area (Å²) >= 11 is 0. The average Bonchev–Trinajstić information content (AvgIpc) is 2.97. The molecule has 0 saturated carbocycles. The van der Waals surface area contributed by atoms with Crippen LogP contribution in [0.2, 0.25) is 0 Å². The van der Waals surface area contributed by atoms with Crippen molar-refractivity contribution in [1.82, 2.24) is 9.78 Å². The van der Waals surface area contributed by atoms with Crippen LogP contribution in [0.1, 0.15) is 12.0 Å². The van der Waals surface area contributed by atoms with Gasteiger partial charge in [0.15, 0.2) is 17.5 Å². The summed E-state index contributed by atoms with van der Waals surface area (Å²) in [5, 5.41) is 7.18. The third-order valence-corrected chi connectivity index (χ3v) is 3.32. The van der Waals surface area contributed by atoms with E-state index in [1.807, 2.05) is 37.6 Å². The molecule has 0 aliphatic carbocycles. The van der Waals surface area contributed by atoms with Gasteiger partial charge in [0.1, 0.15) is 0 Å². The molecule has 0 radical (unpaired) electrons. The predicted molar refractivity (Wildman–Crippen MR) is 91.2 cm³/mol. The van der Waals surface area contributed by atoms with Crippen LogP contribution in [0.25, 0.3) is 0 Å². The van der Waals surface area contributed by atoms with E-state index in [1.165, 1.54) is 5.56 Å². The number of rotatable bonds is 7. The molecule has 0 saturated heterocycles. The number of benzene rings is 1. The molecule has 23 heavy (non-hydrogen) atoms. The van der Waals surface area contributed by atoms with Crippen LogP contribution >= 0.6 is 0 Å². The van der Waals surface area contributed by atoms with Gasteiger partial charge in [0.05, 0.1) is 20.4 Å². The van der Waals surface area contributed by atoms with Gasteiger partial charge in [-0.3, -0.25) is 9.67 Å². The SMILES string of the molecule is COc1ccc(NC(N)=NCCCc2cnn(C)c2)cc1OC. The van der Waals surface area contributed by atoms with Crippen LogP contribution in [0.15, 0.2) is 35.6 Å². The van der Waals surface area contributed by atoms with Gasteiger partial charge >= 0.3 is 0 Å². The topological polar surface area (TPSA) is 86.7 Å². The van der Waals surface area contributed by atoms with Crippen molar-refractivity contribution < 1.29 is 9.47 Å². The monoisotopic (exact) mass is 317 g/mol. The van der Waals surface area contributed by atoms with Crippen molar-refractivity contribution in [3.8, 4) is 11.5 Å². The fourth-order valence-electron chi connectivity index (χ4n) is 2.19. The molecule has 0 fully saturated rings. The standard InChI is InChI=1S/C16H23N5O2/c1-21-11-12(10-19-21)5-4-8-18-16(17)20-13-6-7-14(22-2)15(9-13)23-3/h6-7,9-11H,4-5,8H2,1-3H3,(H3,17,18,20). The lowest BCUT2D eigenvalue weighted by molar-refractivity contribution is 0.355. The van der Waals surface area contributed by atoms with Gasteiger partial charge in [0.2, 0.25) is 0 Å². The lowest BCUT2D eigenvalue weighted by atomic mass is 10.2. The number of guanidine groups is 1. The molecule has 3 N–H and O–H groups in total. The Bertz CT molecular complexity index is 666. The van der Waals surface area contributed by atoms with Gasteiger partial charge in [-0.25, -0.2) is 0 Å². The van der Waals surface area contributed by atoms with Gasteiger partial charge in [-0.05, 0) is 30.5 Å². The second-order valence-electron chi connectivity index (χ2n) is 5.09. The first kappa shape index (κ1) is 16.7. The number of nitrogens with two attached hydrogens (primary N) is 1. The highest BCUT2D eigenvalue weighted by molar-refractivity contribution is 5.92. The molecule has 1 aromatic heterocycles. The Hall–Kier alpha value is -2.70. The van der Waals surface area contributed by atoms with E-state index in [4.69, 9.17) is 15.2 Å². The zero-order valence-electron chi connectivity index (χ0n) is 13.7. The fourth-order valence-corrected chi connectivity index (χ4v) is 2.19. The molecule has 2 rings (SSSR count). The number of anilines is 1. The number of nitrogens with one attached hydrogen (secondary N) is 1. The van der Waals surface area contributed by atoms with Gasteiger partial charge in [-0.2, -0.15) is 5.10 Å². The van der Waals surface area contributed by atoms with E-state index in [0.29, 0.717) is 24.0 Å². The molecule has 7 nitrogen and oxygen atoms in total. The molecule has 0 aliphatic rings. The molecule has 0 aliphatic heterocycles. The molecular formula is C16H23N5O2. The summed E-state index contributed by atoms with van der Waals surface area (Å²) in [7, 11) is 5.10. The van der Waals surface area contributed by atoms with Crippen LogP contribution in [-0.4, -0.2) is 36.5 Å². The number of nitrogens with zero attached hydrogens (tertiary/aromatic N) is 3. The zero-order valence-corrected chi connectivity index (χ0v) is 13.7. The van der Waals surface area contributed by atoms with Gasteiger partial charge in [-0.15, -0.1) is 0 Å². The van der Waals surface area contributed by atoms with E-state index in [0.717, 1.165) is 18.5 Å². The Balaban J connectivity index is 1.84. The molecule has 0 atom stereocenters. The first-order valence-electron chi connectivity index (χ1n) is 7.39. The Morgan fingerprint density at radius 2 is 2.09 bits per heavy atom. The highest BCUT2D eigenvalue weighted by Gasteiger charge is 2.05. The van der Waals surface area contributed by atoms with Crippen molar-refractivity contribution in [2.24, 2.45) is 17.8 Å². The van der Waals surface area contributed by atoms with Crippen LogP contribution in [0.3, 0.4) is 0 Å². The number of ether oxygens (including phenoxy) is 2. The van der Waals surface area contributed by atoms with E-state index < -0.39 is 0 Å². The number of aryl methyl sites for hydroxylation is 2. The Labute approximate surface area is 136 Å². The minimum atomic E-state index is 0.378. The highest BCUT2D eigenvalue weighted by Crippen LogP contribution is 2.29. The predicted octanol–water partition coefficient (Wildman–Crippen LogP) is 1.80. The molecule has 0 bridgehead atoms. The summed E-state index contributed by atoms with van der Waals surface area (Å²) in [6, 6.07) is 5.49. The second-order valence-corrected chi connectivity index (χ2v) is 5.09. The van der Waals surface area contributed by atoms with Crippen molar-refractivity contribution >= 4 is 11.6 Å². The summed E-state index contributed by atoms with van der Waals surface area (Å²) in [5.41, 5.74) is 7.91. The van der Waals surface area contributed by atoms with Crippen LogP contribution in [0.5, 0.6) is 11.5 Å². The maximum atomic E-state index is 5.90. The van der Waals surface area contributed by atoms with Gasteiger partial charge < -0.3 is 20.5 Å². The van der Waals surface area contributed by atoms with Crippen LogP contribution in [0.4, 0.5) is 5.69 Å². The van der Waals surface area contributed by atoms with Crippen molar-refractivity contribution in [1.29, 1.82) is 0 Å². The van der Waals surface area contributed by atoms with Crippen molar-refractivity contribution in [3.05, 3.63) is 36.2 Å². The lowest BCUT2D eigenvalue weighted by Gasteiger charge is -2.10. The third-order valence-electron chi connectivity index (χ3n) is 3.32. The molecule has 0 amide bonds. The number of aliphatic imine (C=N–C) groups is 1. The molecule has 1 aromatic carbocycles. The Morgan fingerprint density at radius 1 is 1.30 bits per heavy atom. The smallest absolute Gasteiger partial charge is 0.193 e. The van der Waals surface area contributed by atoms with Gasteiger partial charge in [0.25, 0.3) is 0 Å². The number of methoxy groups -OCH3 is 2. The molecule has 2 aromatic rings. The minimum absolute atomic E-state index is 0.378. The maximum Gasteiger partial charge on any atom is 0.193 e. The van der Waals surface area contributed by atoms with Gasteiger partial charge in [-0.1, -0.05) is 0 Å². The molecule has 0 spiro atoms. The Morgan fingerprint density at radius 3 is 2.74 bits per heavy atom. The number of hydrogen-bond donors (Lipinski definition) is 2.